The minimum Gasteiger partial charge on any atom is -0.465 e. The molecule has 0 aliphatic rings. The predicted molar refractivity (Wildman–Crippen MR) is 195 cm³/mol. The molecule has 4 aromatic carbocycles. The number of hydrogen-bond donors (Lipinski definition) is 1. The average molecular weight is 801 g/mol. The van der Waals surface area contributed by atoms with Gasteiger partial charge in [-0.3, -0.25) is 24.0 Å². The first-order chi connectivity index (χ1) is 26.8. The Kier molecular flexibility index (Phi) is 13.9. The fourth-order valence-electron chi connectivity index (χ4n) is 5.98. The van der Waals surface area contributed by atoms with Gasteiger partial charge in [-0.25, -0.2) is 0 Å². The van der Waals surface area contributed by atoms with Crippen LogP contribution in [0.5, 0.6) is 0 Å². The van der Waals surface area contributed by atoms with Gasteiger partial charge < -0.3 is 24.4 Å². The first-order valence-corrected chi connectivity index (χ1v) is 17.4. The lowest BCUT2D eigenvalue weighted by Gasteiger charge is -2.29. The van der Waals surface area contributed by atoms with E-state index < -0.39 is 71.6 Å². The van der Waals surface area contributed by atoms with Crippen molar-refractivity contribution in [3.63, 3.8) is 0 Å². The lowest BCUT2D eigenvalue weighted by molar-refractivity contribution is -0.167. The summed E-state index contributed by atoms with van der Waals surface area (Å²) < 4.78 is 97.4. The third-order valence-corrected chi connectivity index (χ3v) is 8.68. The van der Waals surface area contributed by atoms with Crippen molar-refractivity contribution < 1.29 is 64.5 Å². The van der Waals surface area contributed by atoms with Gasteiger partial charge in [0.05, 0.1) is 48.6 Å². The van der Waals surface area contributed by atoms with E-state index in [9.17, 15) is 50.3 Å². The van der Waals surface area contributed by atoms with Crippen LogP contribution in [-0.4, -0.2) is 68.5 Å². The Hall–Kier alpha value is -6.19. The number of amides is 2. The van der Waals surface area contributed by atoms with Gasteiger partial charge in [-0.1, -0.05) is 60.7 Å². The number of benzene rings is 4. The highest BCUT2D eigenvalue weighted by molar-refractivity contribution is 6.12. The number of ether oxygens (including phenoxy) is 3. The van der Waals surface area contributed by atoms with E-state index in [2.05, 4.69) is 5.32 Å². The second kappa shape index (κ2) is 18.2. The van der Waals surface area contributed by atoms with Gasteiger partial charge >= 0.3 is 30.3 Å². The minimum absolute atomic E-state index is 0.0362. The molecule has 4 rings (SSSR count). The fraction of sp³-hybridized carbons (Fsp3) is 0.293. The molecular weight excluding hydrogens is 762 g/mol. The molecule has 0 aromatic heterocycles. The highest BCUT2D eigenvalue weighted by atomic mass is 19.4. The fourth-order valence-corrected chi connectivity index (χ4v) is 5.98. The molecular formula is C41H38F6N2O8. The number of nitrogens with one attached hydrogen (secondary N) is 1. The van der Waals surface area contributed by atoms with Crippen LogP contribution < -0.4 is 5.32 Å². The van der Waals surface area contributed by atoms with Crippen LogP contribution in [0.3, 0.4) is 0 Å². The quantitative estimate of drug-likeness (QED) is 0.0591. The van der Waals surface area contributed by atoms with Crippen molar-refractivity contribution in [2.24, 2.45) is 0 Å². The number of hydrogen-bond acceptors (Lipinski definition) is 8. The van der Waals surface area contributed by atoms with Crippen molar-refractivity contribution >= 4 is 35.4 Å². The first kappa shape index (κ1) is 43.5. The van der Waals surface area contributed by atoms with Gasteiger partial charge in [0.1, 0.15) is 0 Å². The number of halogens is 6. The molecule has 1 N–H and O–H groups in total. The number of anilines is 1. The minimum atomic E-state index is -5.36. The van der Waals surface area contributed by atoms with Gasteiger partial charge in [-0.05, 0) is 66.4 Å². The van der Waals surface area contributed by atoms with Crippen molar-refractivity contribution in [3.8, 4) is 11.1 Å². The van der Waals surface area contributed by atoms with Gasteiger partial charge in [0.2, 0.25) is 0 Å². The largest absolute Gasteiger partial charge is 0.465 e. The van der Waals surface area contributed by atoms with Crippen molar-refractivity contribution in [1.82, 2.24) is 4.90 Å². The average Bonchev–Trinajstić information content (AvgIpc) is 3.16. The molecule has 0 atom stereocenters. The lowest BCUT2D eigenvalue weighted by atomic mass is 9.77. The molecule has 0 aliphatic heterocycles. The van der Waals surface area contributed by atoms with Crippen LogP contribution in [0.25, 0.3) is 11.1 Å². The Bertz CT molecular complexity index is 2100. The van der Waals surface area contributed by atoms with E-state index >= 15 is 0 Å². The van der Waals surface area contributed by atoms with Crippen LogP contribution in [0, 0.1) is 0 Å². The van der Waals surface area contributed by atoms with Gasteiger partial charge in [0, 0.05) is 26.1 Å². The van der Waals surface area contributed by atoms with Crippen LogP contribution in [0.2, 0.25) is 0 Å². The van der Waals surface area contributed by atoms with Crippen molar-refractivity contribution in [2.75, 3.05) is 39.2 Å². The van der Waals surface area contributed by atoms with Gasteiger partial charge in [0.25, 0.3) is 11.8 Å². The van der Waals surface area contributed by atoms with E-state index in [1.165, 1.54) is 61.5 Å². The molecule has 16 heteroatoms. The maximum absolute atomic E-state index is 13.7. The molecule has 0 heterocycles. The van der Waals surface area contributed by atoms with Crippen molar-refractivity contribution in [3.05, 3.63) is 124 Å². The summed E-state index contributed by atoms with van der Waals surface area (Å²) in [6.07, 6.45) is -11.4. The van der Waals surface area contributed by atoms with E-state index in [0.717, 1.165) is 6.07 Å². The maximum Gasteiger partial charge on any atom is 0.417 e. The summed E-state index contributed by atoms with van der Waals surface area (Å²) in [6.45, 7) is 2.66. The first-order valence-electron chi connectivity index (χ1n) is 17.4. The third-order valence-electron chi connectivity index (χ3n) is 8.68. The molecule has 0 aliphatic carbocycles. The zero-order chi connectivity index (χ0) is 42.1. The Morgan fingerprint density at radius 3 is 1.84 bits per heavy atom. The molecule has 0 saturated heterocycles. The molecule has 0 saturated carbocycles. The van der Waals surface area contributed by atoms with Gasteiger partial charge in [-0.15, -0.1) is 0 Å². The molecule has 57 heavy (non-hydrogen) atoms. The SMILES string of the molecule is CCOC(=O)C(CCOC(=O)Cc1ccc(NC(=O)c2ccccc2-c2ccc(C(F)(F)F)c(C(F)(F)F)c2)c(C(=O)N(C)C)c1)(C(=O)OCC)c1ccccc1. The summed E-state index contributed by atoms with van der Waals surface area (Å²) in [7, 11) is 2.86. The van der Waals surface area contributed by atoms with Crippen LogP contribution in [0.15, 0.2) is 91.0 Å². The summed E-state index contributed by atoms with van der Waals surface area (Å²) in [5, 5.41) is 2.55. The Labute approximate surface area is 323 Å². The highest BCUT2D eigenvalue weighted by Crippen LogP contribution is 2.42. The lowest BCUT2D eigenvalue weighted by Crippen LogP contribution is -2.47. The number of carbonyl (C=O) groups excluding carboxylic acids is 5. The van der Waals surface area contributed by atoms with Gasteiger partial charge in [0.15, 0.2) is 5.41 Å². The van der Waals surface area contributed by atoms with E-state index in [-0.39, 0.29) is 58.7 Å². The summed E-state index contributed by atoms with van der Waals surface area (Å²) in [5.74, 6) is -4.08. The molecule has 10 nitrogen and oxygen atoms in total. The highest BCUT2D eigenvalue weighted by Gasteiger charge is 2.50. The smallest absolute Gasteiger partial charge is 0.417 e. The number of esters is 3. The van der Waals surface area contributed by atoms with Crippen LogP contribution in [0.4, 0.5) is 32.0 Å². The molecule has 0 radical (unpaired) electrons. The van der Waals surface area contributed by atoms with Crippen LogP contribution >= 0.6 is 0 Å². The number of rotatable bonds is 14. The number of nitrogens with zero attached hydrogens (tertiary/aromatic N) is 1. The van der Waals surface area contributed by atoms with Crippen molar-refractivity contribution in [2.45, 2.75) is 44.5 Å². The predicted octanol–water partition coefficient (Wildman–Crippen LogP) is 7.89. The summed E-state index contributed by atoms with van der Waals surface area (Å²) in [6, 6.07) is 18.8. The zero-order valence-corrected chi connectivity index (χ0v) is 31.2. The summed E-state index contributed by atoms with van der Waals surface area (Å²) in [4.78, 5) is 67.7. The van der Waals surface area contributed by atoms with E-state index in [4.69, 9.17) is 14.2 Å². The van der Waals surface area contributed by atoms with Crippen molar-refractivity contribution in [1.29, 1.82) is 0 Å². The van der Waals surface area contributed by atoms with E-state index in [0.29, 0.717) is 12.1 Å². The number of carbonyl (C=O) groups is 5. The molecule has 2 amide bonds. The Morgan fingerprint density at radius 1 is 0.667 bits per heavy atom. The molecule has 0 unspecified atom stereocenters. The molecule has 302 valence electrons. The number of alkyl halides is 6. The molecule has 0 spiro atoms. The standard InChI is InChI=1S/C41H38F6N2O8/c1-5-55-37(53)39(38(54)56-6-2,27-12-8-7-9-13-27)20-21-57-34(50)23-25-16-19-33(30(22-25)36(52)49(3)4)48-35(51)29-15-11-10-14-28(29)26-17-18-31(40(42,43)44)32(24-26)41(45,46)47/h7-19,22,24H,5-6,20-21,23H2,1-4H3,(H,48,51). The summed E-state index contributed by atoms with van der Waals surface area (Å²) >= 11 is 0. The maximum atomic E-state index is 13.7. The van der Waals surface area contributed by atoms with E-state index in [1.54, 1.807) is 44.2 Å². The summed E-state index contributed by atoms with van der Waals surface area (Å²) in [5.41, 5.74) is -5.99. The Morgan fingerprint density at radius 2 is 1.26 bits per heavy atom. The third kappa shape index (κ3) is 10.2. The normalized spacial score (nSPS) is 11.7. The second-order valence-electron chi connectivity index (χ2n) is 12.7. The molecule has 0 bridgehead atoms. The zero-order valence-electron chi connectivity index (χ0n) is 31.2. The second-order valence-corrected chi connectivity index (χ2v) is 12.7. The van der Waals surface area contributed by atoms with E-state index in [1.807, 2.05) is 0 Å². The monoisotopic (exact) mass is 800 g/mol. The van der Waals surface area contributed by atoms with Gasteiger partial charge in [-0.2, -0.15) is 26.3 Å². The van der Waals surface area contributed by atoms with Crippen LogP contribution in [0.1, 0.15) is 63.2 Å². The van der Waals surface area contributed by atoms with Crippen LogP contribution in [-0.2, 0) is 52.8 Å². The Balaban J connectivity index is 1.59. The molecule has 0 fully saturated rings. The topological polar surface area (TPSA) is 128 Å². The molecule has 4 aromatic rings.